The molecule has 1 N–H and O–H groups in total. The molecule has 4 aromatic heterocycles. The summed E-state index contributed by atoms with van der Waals surface area (Å²) in [5, 5.41) is 2.88. The highest BCUT2D eigenvalue weighted by molar-refractivity contribution is 5.96. The van der Waals surface area contributed by atoms with E-state index in [2.05, 4.69) is 20.3 Å². The summed E-state index contributed by atoms with van der Waals surface area (Å²) in [7, 11) is 0. The highest BCUT2D eigenvalue weighted by Gasteiger charge is 2.11. The fourth-order valence-corrected chi connectivity index (χ4v) is 3.31. The van der Waals surface area contributed by atoms with Gasteiger partial charge in [0.2, 0.25) is 0 Å². The van der Waals surface area contributed by atoms with Crippen molar-refractivity contribution >= 4 is 17.1 Å². The monoisotopic (exact) mass is 402 g/mol. The Balaban J connectivity index is 1.37. The van der Waals surface area contributed by atoms with Crippen LogP contribution in [0.25, 0.3) is 11.2 Å². The van der Waals surface area contributed by atoms with Gasteiger partial charge in [-0.2, -0.15) is 0 Å². The molecule has 0 aliphatic carbocycles. The van der Waals surface area contributed by atoms with E-state index in [-0.39, 0.29) is 11.5 Å². The van der Waals surface area contributed by atoms with E-state index >= 15 is 0 Å². The second-order valence-electron chi connectivity index (χ2n) is 7.03. The summed E-state index contributed by atoms with van der Waals surface area (Å²) in [6.07, 6.45) is 5.67. The molecule has 0 spiro atoms. The predicted molar refractivity (Wildman–Crippen MR) is 113 cm³/mol. The average Bonchev–Trinajstić information content (AvgIpc) is 3.15. The number of rotatable bonds is 7. The van der Waals surface area contributed by atoms with Crippen molar-refractivity contribution in [3.63, 3.8) is 0 Å². The van der Waals surface area contributed by atoms with Crippen molar-refractivity contribution in [2.75, 3.05) is 6.54 Å². The van der Waals surface area contributed by atoms with Gasteiger partial charge in [0.05, 0.1) is 24.1 Å². The lowest BCUT2D eigenvalue weighted by molar-refractivity contribution is 0.0952. The van der Waals surface area contributed by atoms with E-state index in [9.17, 15) is 9.59 Å². The topological polar surface area (TPSA) is 94.7 Å². The third kappa shape index (κ3) is 4.27. The van der Waals surface area contributed by atoms with Gasteiger partial charge in [0.1, 0.15) is 5.52 Å². The first-order chi connectivity index (χ1) is 14.6. The number of nitrogens with one attached hydrogen (secondary N) is 1. The minimum absolute atomic E-state index is 0.0303. The number of nitrogens with zero attached hydrogens (tertiary/aromatic N) is 5. The van der Waals surface area contributed by atoms with E-state index in [1.54, 1.807) is 41.5 Å². The Kier molecular flexibility index (Phi) is 5.65. The zero-order chi connectivity index (χ0) is 20.9. The first-order valence-corrected chi connectivity index (χ1v) is 9.77. The van der Waals surface area contributed by atoms with Crippen molar-refractivity contribution in [3.05, 3.63) is 88.5 Å². The van der Waals surface area contributed by atoms with Crippen molar-refractivity contribution in [1.29, 1.82) is 0 Å². The van der Waals surface area contributed by atoms with Crippen molar-refractivity contribution in [2.45, 2.75) is 26.4 Å². The molecule has 0 radical (unpaired) electrons. The number of hydrogen-bond acceptors (Lipinski definition) is 5. The number of fused-ring (bicyclic) bond motifs is 1. The van der Waals surface area contributed by atoms with Crippen LogP contribution in [0.3, 0.4) is 0 Å². The van der Waals surface area contributed by atoms with Gasteiger partial charge in [-0.3, -0.25) is 14.6 Å². The number of aromatic nitrogens is 5. The van der Waals surface area contributed by atoms with Crippen LogP contribution in [-0.2, 0) is 13.1 Å². The maximum absolute atomic E-state index is 12.5. The summed E-state index contributed by atoms with van der Waals surface area (Å²) in [6, 6.07) is 12.7. The molecule has 152 valence electrons. The Morgan fingerprint density at radius 1 is 1.10 bits per heavy atom. The van der Waals surface area contributed by atoms with Crippen molar-refractivity contribution in [3.8, 4) is 0 Å². The number of carbonyl (C=O) groups excluding carboxylic acids is 1. The Labute approximate surface area is 173 Å². The highest BCUT2D eigenvalue weighted by atomic mass is 16.1. The number of pyridine rings is 3. The maximum atomic E-state index is 12.5. The van der Waals surface area contributed by atoms with Crippen LogP contribution in [0.4, 0.5) is 0 Å². The van der Waals surface area contributed by atoms with Gasteiger partial charge in [0, 0.05) is 37.2 Å². The smallest absolute Gasteiger partial charge is 0.252 e. The Hall–Kier alpha value is -3.81. The van der Waals surface area contributed by atoms with E-state index in [0.29, 0.717) is 42.8 Å². The van der Waals surface area contributed by atoms with E-state index in [4.69, 9.17) is 0 Å². The fraction of sp³-hybridized carbons (Fsp3) is 0.227. The van der Waals surface area contributed by atoms with Crippen LogP contribution in [0.15, 0.2) is 66.0 Å². The molecule has 1 amide bonds. The molecule has 0 saturated heterocycles. The molecule has 30 heavy (non-hydrogen) atoms. The van der Waals surface area contributed by atoms with Crippen LogP contribution in [-0.4, -0.2) is 36.5 Å². The van der Waals surface area contributed by atoms with Gasteiger partial charge in [-0.15, -0.1) is 0 Å². The Bertz CT molecular complexity index is 1230. The molecule has 0 aliphatic heterocycles. The normalized spacial score (nSPS) is 11.0. The van der Waals surface area contributed by atoms with E-state index in [0.717, 1.165) is 11.4 Å². The third-order valence-electron chi connectivity index (χ3n) is 4.89. The molecular formula is C22H22N6O2. The molecule has 0 bridgehead atoms. The van der Waals surface area contributed by atoms with Crippen molar-refractivity contribution < 1.29 is 4.79 Å². The van der Waals surface area contributed by atoms with Crippen LogP contribution in [0.2, 0.25) is 0 Å². The summed E-state index contributed by atoms with van der Waals surface area (Å²) in [6.45, 7) is 3.48. The van der Waals surface area contributed by atoms with Crippen molar-refractivity contribution in [1.82, 2.24) is 29.4 Å². The molecular weight excluding hydrogens is 380 g/mol. The summed E-state index contributed by atoms with van der Waals surface area (Å²) < 4.78 is 3.60. The SMILES string of the molecule is Cc1cccc(=O)n1CCCNC(=O)c1cnc2c(c1)ncn2Cc1ccccn1. The minimum Gasteiger partial charge on any atom is -0.352 e. The van der Waals surface area contributed by atoms with Gasteiger partial charge in [-0.1, -0.05) is 12.1 Å². The molecule has 0 aromatic carbocycles. The lowest BCUT2D eigenvalue weighted by Crippen LogP contribution is -2.27. The summed E-state index contributed by atoms with van der Waals surface area (Å²) in [4.78, 5) is 37.5. The molecule has 8 nitrogen and oxygen atoms in total. The molecule has 0 unspecified atom stereocenters. The van der Waals surface area contributed by atoms with Gasteiger partial charge >= 0.3 is 0 Å². The zero-order valence-electron chi connectivity index (χ0n) is 16.7. The molecule has 4 aromatic rings. The molecule has 4 heterocycles. The number of carbonyl (C=O) groups is 1. The molecule has 0 atom stereocenters. The molecule has 8 heteroatoms. The summed E-state index contributed by atoms with van der Waals surface area (Å²) in [5.41, 5.74) is 3.61. The van der Waals surface area contributed by atoms with Gasteiger partial charge in [0.15, 0.2) is 5.65 Å². The first-order valence-electron chi connectivity index (χ1n) is 9.77. The average molecular weight is 402 g/mol. The Morgan fingerprint density at radius 2 is 2.00 bits per heavy atom. The summed E-state index contributed by atoms with van der Waals surface area (Å²) >= 11 is 0. The maximum Gasteiger partial charge on any atom is 0.252 e. The van der Waals surface area contributed by atoms with E-state index < -0.39 is 0 Å². The zero-order valence-corrected chi connectivity index (χ0v) is 16.7. The lowest BCUT2D eigenvalue weighted by atomic mass is 10.2. The molecule has 4 rings (SSSR count). The van der Waals surface area contributed by atoms with Crippen LogP contribution in [0.1, 0.15) is 28.2 Å². The predicted octanol–water partition coefficient (Wildman–Crippen LogP) is 2.16. The number of hydrogen-bond donors (Lipinski definition) is 1. The summed E-state index contributed by atoms with van der Waals surface area (Å²) in [5.74, 6) is -0.208. The Morgan fingerprint density at radius 3 is 2.80 bits per heavy atom. The second-order valence-corrected chi connectivity index (χ2v) is 7.03. The fourth-order valence-electron chi connectivity index (χ4n) is 3.31. The van der Waals surface area contributed by atoms with Gasteiger partial charge in [0.25, 0.3) is 11.5 Å². The third-order valence-corrected chi connectivity index (χ3v) is 4.89. The number of amides is 1. The highest BCUT2D eigenvalue weighted by Crippen LogP contribution is 2.13. The van der Waals surface area contributed by atoms with Gasteiger partial charge in [-0.05, 0) is 37.6 Å². The number of imidazole rings is 1. The van der Waals surface area contributed by atoms with Crippen LogP contribution in [0, 0.1) is 6.92 Å². The largest absolute Gasteiger partial charge is 0.352 e. The standard InChI is InChI=1S/C22H22N6O2/c1-16-6-4-8-20(29)28(16)11-5-10-24-22(30)17-12-19-21(25-13-17)27(15-26-19)14-18-7-2-3-9-23-18/h2-4,6-9,12-13,15H,5,10-11,14H2,1H3,(H,24,30). The minimum atomic E-state index is -0.208. The van der Waals surface area contributed by atoms with Crippen molar-refractivity contribution in [2.24, 2.45) is 0 Å². The van der Waals surface area contributed by atoms with Crippen LogP contribution in [0.5, 0.6) is 0 Å². The lowest BCUT2D eigenvalue weighted by Gasteiger charge is -2.10. The van der Waals surface area contributed by atoms with Gasteiger partial charge in [-0.25, -0.2) is 9.97 Å². The van der Waals surface area contributed by atoms with E-state index in [1.807, 2.05) is 35.8 Å². The first kappa shape index (κ1) is 19.5. The molecule has 0 saturated carbocycles. The molecule has 0 aliphatic rings. The van der Waals surface area contributed by atoms with E-state index in [1.165, 1.54) is 0 Å². The number of aryl methyl sites for hydroxylation is 1. The van der Waals surface area contributed by atoms with Crippen LogP contribution >= 0.6 is 0 Å². The molecule has 0 fully saturated rings. The van der Waals surface area contributed by atoms with Gasteiger partial charge < -0.3 is 14.5 Å². The van der Waals surface area contributed by atoms with Crippen LogP contribution < -0.4 is 10.9 Å². The quantitative estimate of drug-likeness (QED) is 0.478. The second kappa shape index (κ2) is 8.69.